The number of aryl methyl sites for hydroxylation is 1. The van der Waals surface area contributed by atoms with Gasteiger partial charge in [0.1, 0.15) is 0 Å². The van der Waals surface area contributed by atoms with Crippen LogP contribution in [-0.4, -0.2) is 31.0 Å². The lowest BCUT2D eigenvalue weighted by Crippen LogP contribution is -2.01. The van der Waals surface area contributed by atoms with Crippen LogP contribution >= 0.6 is 11.6 Å². The summed E-state index contributed by atoms with van der Waals surface area (Å²) in [7, 11) is 0. The van der Waals surface area contributed by atoms with Gasteiger partial charge in [-0.3, -0.25) is 14.9 Å². The van der Waals surface area contributed by atoms with Crippen LogP contribution in [0, 0.1) is 10.1 Å². The van der Waals surface area contributed by atoms with E-state index >= 15 is 0 Å². The van der Waals surface area contributed by atoms with E-state index in [2.05, 4.69) is 10.3 Å². The van der Waals surface area contributed by atoms with Crippen LogP contribution in [0.2, 0.25) is 5.02 Å². The molecule has 0 saturated heterocycles. The highest BCUT2D eigenvalue weighted by Gasteiger charge is 2.11. The molecule has 110 valence electrons. The first-order chi connectivity index (χ1) is 9.95. The maximum absolute atomic E-state index is 10.6. The molecule has 8 nitrogen and oxygen atoms in total. The average Bonchev–Trinajstić information content (AvgIpc) is 2.86. The van der Waals surface area contributed by atoms with Crippen molar-refractivity contribution in [3.05, 3.63) is 50.8 Å². The third-order valence-electron chi connectivity index (χ3n) is 2.76. The number of aromatic nitrogens is 3. The van der Waals surface area contributed by atoms with Gasteiger partial charge in [0.15, 0.2) is 0 Å². The van der Waals surface area contributed by atoms with E-state index in [4.69, 9.17) is 16.7 Å². The molecule has 1 aromatic carbocycles. The van der Waals surface area contributed by atoms with Gasteiger partial charge in [0.05, 0.1) is 28.6 Å². The molecule has 21 heavy (non-hydrogen) atoms. The van der Waals surface area contributed by atoms with Crippen LogP contribution in [0.1, 0.15) is 17.7 Å². The molecule has 0 aliphatic heterocycles. The van der Waals surface area contributed by atoms with E-state index in [1.54, 1.807) is 12.3 Å². The highest BCUT2D eigenvalue weighted by atomic mass is 35.5. The number of benzene rings is 1. The zero-order valence-electron chi connectivity index (χ0n) is 10.8. The van der Waals surface area contributed by atoms with Crippen molar-refractivity contribution in [1.82, 2.24) is 15.0 Å². The predicted octanol–water partition coefficient (Wildman–Crippen LogP) is 1.91. The Kier molecular flexibility index (Phi) is 4.49. The van der Waals surface area contributed by atoms with Gasteiger partial charge in [0.2, 0.25) is 0 Å². The lowest BCUT2D eigenvalue weighted by atomic mass is 10.2. The highest BCUT2D eigenvalue weighted by molar-refractivity contribution is 6.31. The van der Waals surface area contributed by atoms with Crippen LogP contribution in [0.4, 0.5) is 5.69 Å². The summed E-state index contributed by atoms with van der Waals surface area (Å²) in [5, 5.41) is 27.2. The summed E-state index contributed by atoms with van der Waals surface area (Å²) in [6, 6.07) is 4.20. The molecule has 0 amide bonds. The molecule has 0 aliphatic rings. The molecular weight excluding hydrogens is 300 g/mol. The number of nitro groups is 1. The number of carboxylic acids is 1. The quantitative estimate of drug-likeness (QED) is 0.644. The summed E-state index contributed by atoms with van der Waals surface area (Å²) in [4.78, 5) is 20.6. The number of rotatable bonds is 6. The van der Waals surface area contributed by atoms with Crippen molar-refractivity contribution in [2.45, 2.75) is 19.4 Å². The molecule has 0 bridgehead atoms. The Labute approximate surface area is 124 Å². The smallest absolute Gasteiger partial charge is 0.303 e. The van der Waals surface area contributed by atoms with Crippen molar-refractivity contribution in [2.24, 2.45) is 0 Å². The molecule has 0 saturated carbocycles. The second-order valence-corrected chi connectivity index (χ2v) is 4.74. The van der Waals surface area contributed by atoms with E-state index < -0.39 is 10.9 Å². The first-order valence-corrected chi connectivity index (χ1v) is 6.37. The minimum atomic E-state index is -0.900. The van der Waals surface area contributed by atoms with Crippen molar-refractivity contribution in [1.29, 1.82) is 0 Å². The SMILES string of the molecule is O=C(O)CCc1cn(Cc2ccc([N+](=O)[O-])cc2Cl)nn1. The van der Waals surface area contributed by atoms with E-state index in [-0.39, 0.29) is 17.1 Å². The largest absolute Gasteiger partial charge is 0.481 e. The molecule has 1 heterocycles. The predicted molar refractivity (Wildman–Crippen MR) is 73.2 cm³/mol. The van der Waals surface area contributed by atoms with Gasteiger partial charge < -0.3 is 5.11 Å². The van der Waals surface area contributed by atoms with Crippen LogP contribution in [0.3, 0.4) is 0 Å². The Morgan fingerprint density at radius 2 is 2.24 bits per heavy atom. The van der Waals surface area contributed by atoms with Crippen molar-refractivity contribution in [3.63, 3.8) is 0 Å². The Morgan fingerprint density at radius 1 is 1.48 bits per heavy atom. The third-order valence-corrected chi connectivity index (χ3v) is 3.11. The number of hydrogen-bond acceptors (Lipinski definition) is 5. The summed E-state index contributed by atoms with van der Waals surface area (Å²) in [6.45, 7) is 0.302. The highest BCUT2D eigenvalue weighted by Crippen LogP contribution is 2.23. The Morgan fingerprint density at radius 3 is 2.86 bits per heavy atom. The lowest BCUT2D eigenvalue weighted by molar-refractivity contribution is -0.384. The average molecular weight is 311 g/mol. The molecule has 9 heteroatoms. The zero-order chi connectivity index (χ0) is 15.4. The van der Waals surface area contributed by atoms with Crippen molar-refractivity contribution in [3.8, 4) is 0 Å². The number of carbonyl (C=O) groups is 1. The van der Waals surface area contributed by atoms with E-state index in [0.717, 1.165) is 0 Å². The number of hydrogen-bond donors (Lipinski definition) is 1. The monoisotopic (exact) mass is 310 g/mol. The molecule has 1 aromatic heterocycles. The molecule has 0 aliphatic carbocycles. The maximum atomic E-state index is 10.6. The van der Waals surface area contributed by atoms with E-state index in [9.17, 15) is 14.9 Å². The van der Waals surface area contributed by atoms with E-state index in [1.165, 1.54) is 16.8 Å². The minimum Gasteiger partial charge on any atom is -0.481 e. The standard InChI is InChI=1S/C12H11ClN4O4/c13-11-5-10(17(20)21)3-1-8(11)6-16-7-9(14-15-16)2-4-12(18)19/h1,3,5,7H,2,4,6H2,(H,18,19). The lowest BCUT2D eigenvalue weighted by Gasteiger charge is -2.03. The fourth-order valence-electron chi connectivity index (χ4n) is 1.72. The van der Waals surface area contributed by atoms with Crippen molar-refractivity contribution in [2.75, 3.05) is 0 Å². The summed E-state index contributed by atoms with van der Waals surface area (Å²) < 4.78 is 1.50. The fraction of sp³-hybridized carbons (Fsp3) is 0.250. The third kappa shape index (κ3) is 3.99. The normalized spacial score (nSPS) is 10.5. The van der Waals surface area contributed by atoms with E-state index in [1.807, 2.05) is 0 Å². The van der Waals surface area contributed by atoms with Gasteiger partial charge in [-0.15, -0.1) is 5.10 Å². The first kappa shape index (κ1) is 14.9. The van der Waals surface area contributed by atoms with Gasteiger partial charge in [-0.1, -0.05) is 16.8 Å². The maximum Gasteiger partial charge on any atom is 0.303 e. The van der Waals surface area contributed by atoms with Crippen molar-refractivity contribution >= 4 is 23.3 Å². The number of non-ortho nitro benzene ring substituents is 1. The molecule has 0 fully saturated rings. The topological polar surface area (TPSA) is 111 Å². The second kappa shape index (κ2) is 6.31. The minimum absolute atomic E-state index is 0.0169. The Balaban J connectivity index is 2.08. The Hall–Kier alpha value is -2.48. The summed E-state index contributed by atoms with van der Waals surface area (Å²) in [5.74, 6) is -0.900. The van der Waals surface area contributed by atoms with Gasteiger partial charge >= 0.3 is 5.97 Å². The fourth-order valence-corrected chi connectivity index (χ4v) is 1.95. The summed E-state index contributed by atoms with van der Waals surface area (Å²) in [6.07, 6.45) is 1.90. The van der Waals surface area contributed by atoms with Crippen LogP contribution in [0.15, 0.2) is 24.4 Å². The molecule has 0 spiro atoms. The van der Waals surface area contributed by atoms with Gasteiger partial charge in [-0.2, -0.15) is 0 Å². The number of nitrogens with zero attached hydrogens (tertiary/aromatic N) is 4. The van der Waals surface area contributed by atoms with E-state index in [0.29, 0.717) is 24.2 Å². The zero-order valence-corrected chi connectivity index (χ0v) is 11.5. The number of carboxylic acid groups (broad SMARTS) is 1. The summed E-state index contributed by atoms with van der Waals surface area (Å²) >= 11 is 5.99. The van der Waals surface area contributed by atoms with Crippen LogP contribution < -0.4 is 0 Å². The number of nitro benzene ring substituents is 1. The van der Waals surface area contributed by atoms with Crippen LogP contribution in [0.5, 0.6) is 0 Å². The molecule has 2 rings (SSSR count). The first-order valence-electron chi connectivity index (χ1n) is 5.99. The van der Waals surface area contributed by atoms with Gasteiger partial charge in [0, 0.05) is 24.8 Å². The summed E-state index contributed by atoms with van der Waals surface area (Å²) in [5.41, 5.74) is 1.15. The van der Waals surface area contributed by atoms with Gasteiger partial charge in [0.25, 0.3) is 5.69 Å². The molecule has 2 aromatic rings. The van der Waals surface area contributed by atoms with Gasteiger partial charge in [-0.25, -0.2) is 4.68 Å². The molecular formula is C12H11ClN4O4. The molecule has 0 atom stereocenters. The Bertz CT molecular complexity index is 686. The van der Waals surface area contributed by atoms with Crippen molar-refractivity contribution < 1.29 is 14.8 Å². The number of aliphatic carboxylic acids is 1. The number of halogens is 1. The van der Waals surface area contributed by atoms with Crippen LogP contribution in [0.25, 0.3) is 0 Å². The van der Waals surface area contributed by atoms with Gasteiger partial charge in [-0.05, 0) is 11.6 Å². The van der Waals surface area contributed by atoms with Crippen LogP contribution in [-0.2, 0) is 17.8 Å². The molecule has 1 N–H and O–H groups in total. The second-order valence-electron chi connectivity index (χ2n) is 4.33. The molecule has 0 unspecified atom stereocenters. The molecule has 0 radical (unpaired) electrons.